The van der Waals surface area contributed by atoms with Crippen LogP contribution in [0.25, 0.3) is 39.0 Å². The quantitative estimate of drug-likeness (QED) is 0.137. The van der Waals surface area contributed by atoms with Crippen LogP contribution >= 0.6 is 0 Å². The van der Waals surface area contributed by atoms with Gasteiger partial charge in [0.15, 0.2) is 0 Å². The maximum absolute atomic E-state index is 7.77. The fourth-order valence-corrected chi connectivity index (χ4v) is 5.43. The minimum Gasteiger partial charge on any atom is -0.399 e. The molecule has 47 heavy (non-hydrogen) atoms. The van der Waals surface area contributed by atoms with Crippen molar-refractivity contribution in [1.29, 1.82) is 10.8 Å². The third kappa shape index (κ3) is 8.31. The summed E-state index contributed by atoms with van der Waals surface area (Å²) in [6, 6.07) is 42.7. The van der Waals surface area contributed by atoms with Crippen molar-refractivity contribution in [3.05, 3.63) is 156 Å². The Morgan fingerprint density at radius 2 is 0.681 bits per heavy atom. The van der Waals surface area contributed by atoms with E-state index in [1.807, 2.05) is 18.2 Å². The van der Waals surface area contributed by atoms with Gasteiger partial charge in [-0.1, -0.05) is 157 Å². The number of rotatable bonds is 4. The molecule has 0 aliphatic heterocycles. The molecule has 0 saturated heterocycles. The molecule has 3 nitrogen and oxygen atoms in total. The van der Waals surface area contributed by atoms with Gasteiger partial charge in [-0.25, -0.2) is 0 Å². The number of hydrogen-bond acceptors (Lipinski definition) is 3. The molecule has 1 aliphatic carbocycles. The Morgan fingerprint density at radius 3 is 1.00 bits per heavy atom. The highest BCUT2D eigenvalue weighted by Crippen LogP contribution is 2.30. The van der Waals surface area contributed by atoms with Crippen LogP contribution in [0.3, 0.4) is 0 Å². The minimum atomic E-state index is 0.167. The molecule has 0 fully saturated rings. The first kappa shape index (κ1) is 33.1. The highest BCUT2D eigenvalue weighted by atomic mass is 14.5. The molecule has 3 heteroatoms. The van der Waals surface area contributed by atoms with Crippen molar-refractivity contribution in [3.63, 3.8) is 0 Å². The lowest BCUT2D eigenvalue weighted by Crippen LogP contribution is -2.10. The molecular formula is C44H45N3. The summed E-state index contributed by atoms with van der Waals surface area (Å²) in [6.45, 7) is 13.4. The highest BCUT2D eigenvalue weighted by Gasteiger charge is 2.14. The molecule has 0 atom stereocenters. The van der Waals surface area contributed by atoms with E-state index in [9.17, 15) is 0 Å². The van der Waals surface area contributed by atoms with Gasteiger partial charge < -0.3 is 5.73 Å². The van der Waals surface area contributed by atoms with Crippen LogP contribution in [0, 0.1) is 10.8 Å². The van der Waals surface area contributed by atoms with Gasteiger partial charge in [-0.05, 0) is 90.8 Å². The average molecular weight is 616 g/mol. The molecule has 4 N–H and O–H groups in total. The van der Waals surface area contributed by atoms with Gasteiger partial charge in [-0.3, -0.25) is 10.8 Å². The van der Waals surface area contributed by atoms with E-state index >= 15 is 0 Å². The van der Waals surface area contributed by atoms with E-state index in [0.717, 1.165) is 16.8 Å². The standard InChI is InChI=1S/C22H22N2.C22H23N/c1-22(2,3)19-11-8-16(9-12-19)15-4-6-17(7-5-15)18-10-13-20(23)21(24)14-18;1-22(2,3)20-12-8-18(9-13-20)16-4-6-17(7-5-16)19-10-14-21(23)15-11-19/h4-14,23-24H,1-3H3;4-15H,23H2,1-3H3. The summed E-state index contributed by atoms with van der Waals surface area (Å²) in [5.41, 5.74) is 19.4. The van der Waals surface area contributed by atoms with Gasteiger partial charge in [0.05, 0.1) is 11.4 Å². The minimum absolute atomic E-state index is 0.167. The van der Waals surface area contributed by atoms with E-state index in [4.69, 9.17) is 16.6 Å². The van der Waals surface area contributed by atoms with Crippen LogP contribution < -0.4 is 5.73 Å². The van der Waals surface area contributed by atoms with Crippen molar-refractivity contribution in [3.8, 4) is 33.4 Å². The molecule has 5 aromatic rings. The van der Waals surface area contributed by atoms with Gasteiger partial charge in [0.1, 0.15) is 0 Å². The molecule has 0 unspecified atom stereocenters. The van der Waals surface area contributed by atoms with Gasteiger partial charge in [0, 0.05) is 5.69 Å². The van der Waals surface area contributed by atoms with Gasteiger partial charge in [-0.15, -0.1) is 0 Å². The number of benzene rings is 5. The maximum atomic E-state index is 7.77. The molecule has 0 saturated carbocycles. The van der Waals surface area contributed by atoms with E-state index in [1.165, 1.54) is 44.5 Å². The lowest BCUT2D eigenvalue weighted by atomic mass is 9.86. The molecule has 0 bridgehead atoms. The predicted molar refractivity (Wildman–Crippen MR) is 204 cm³/mol. The number of hydrogen-bond donors (Lipinski definition) is 3. The fraction of sp³-hybridized carbons (Fsp3) is 0.182. The van der Waals surface area contributed by atoms with E-state index in [-0.39, 0.29) is 22.3 Å². The zero-order chi connectivity index (χ0) is 33.8. The van der Waals surface area contributed by atoms with Crippen molar-refractivity contribution in [2.24, 2.45) is 0 Å². The zero-order valence-electron chi connectivity index (χ0n) is 28.4. The van der Waals surface area contributed by atoms with Gasteiger partial charge in [-0.2, -0.15) is 0 Å². The molecule has 0 amide bonds. The van der Waals surface area contributed by atoms with E-state index in [2.05, 4.69) is 151 Å². The zero-order valence-corrected chi connectivity index (χ0v) is 28.4. The topological polar surface area (TPSA) is 73.7 Å². The van der Waals surface area contributed by atoms with Gasteiger partial charge in [0.25, 0.3) is 0 Å². The third-order valence-electron chi connectivity index (χ3n) is 8.54. The molecular weight excluding hydrogens is 571 g/mol. The second kappa shape index (κ2) is 13.6. The van der Waals surface area contributed by atoms with Crippen molar-refractivity contribution >= 4 is 22.7 Å². The smallest absolute Gasteiger partial charge is 0.0795 e. The van der Waals surface area contributed by atoms with E-state index in [1.54, 1.807) is 12.2 Å². The Balaban J connectivity index is 0.000000185. The number of anilines is 1. The Hall–Kier alpha value is -5.28. The van der Waals surface area contributed by atoms with Crippen LogP contribution in [-0.4, -0.2) is 11.4 Å². The highest BCUT2D eigenvalue weighted by molar-refractivity contribution is 6.50. The third-order valence-corrected chi connectivity index (χ3v) is 8.54. The number of nitrogen functional groups attached to an aromatic ring is 1. The van der Waals surface area contributed by atoms with Crippen LogP contribution in [0.1, 0.15) is 58.2 Å². The molecule has 6 rings (SSSR count). The SMILES string of the molecule is CC(C)(C)c1ccc(-c2ccc(-c3ccc(N)cc3)cc2)cc1.CC(C)(C)c1ccc(-c2ccc(C3=CC(=N)C(=N)C=C3)cc2)cc1. The molecule has 5 aromatic carbocycles. The Kier molecular flexibility index (Phi) is 9.58. The first-order valence-corrected chi connectivity index (χ1v) is 16.1. The molecule has 0 heterocycles. The molecule has 0 radical (unpaired) electrons. The second-order valence-electron chi connectivity index (χ2n) is 14.2. The number of nitrogens with one attached hydrogen (secondary N) is 2. The first-order chi connectivity index (χ1) is 22.3. The second-order valence-corrected chi connectivity index (χ2v) is 14.2. The summed E-state index contributed by atoms with van der Waals surface area (Å²) in [6.07, 6.45) is 5.32. The fourth-order valence-electron chi connectivity index (χ4n) is 5.43. The lowest BCUT2D eigenvalue weighted by molar-refractivity contribution is 0.590. The molecule has 0 aromatic heterocycles. The van der Waals surface area contributed by atoms with Crippen LogP contribution in [0.15, 0.2) is 140 Å². The lowest BCUT2D eigenvalue weighted by Gasteiger charge is -2.19. The van der Waals surface area contributed by atoms with E-state index in [0.29, 0.717) is 0 Å². The Bertz CT molecular complexity index is 1910. The summed E-state index contributed by atoms with van der Waals surface area (Å²) in [5.74, 6) is 0. The van der Waals surface area contributed by atoms with Crippen molar-refractivity contribution in [1.82, 2.24) is 0 Å². The average Bonchev–Trinajstić information content (AvgIpc) is 3.06. The summed E-state index contributed by atoms with van der Waals surface area (Å²) in [7, 11) is 0. The van der Waals surface area contributed by atoms with Crippen LogP contribution in [0.5, 0.6) is 0 Å². The maximum Gasteiger partial charge on any atom is 0.0795 e. The summed E-state index contributed by atoms with van der Waals surface area (Å²) >= 11 is 0. The largest absolute Gasteiger partial charge is 0.399 e. The van der Waals surface area contributed by atoms with Crippen molar-refractivity contribution in [2.45, 2.75) is 52.4 Å². The van der Waals surface area contributed by atoms with Gasteiger partial charge in [0.2, 0.25) is 0 Å². The number of nitrogens with two attached hydrogens (primary N) is 1. The van der Waals surface area contributed by atoms with Gasteiger partial charge >= 0.3 is 0 Å². The van der Waals surface area contributed by atoms with Crippen LogP contribution in [0.4, 0.5) is 5.69 Å². The Morgan fingerprint density at radius 1 is 0.383 bits per heavy atom. The predicted octanol–water partition coefficient (Wildman–Crippen LogP) is 11.5. The summed E-state index contributed by atoms with van der Waals surface area (Å²) < 4.78 is 0. The normalized spacial score (nSPS) is 13.1. The molecule has 1 aliphatic rings. The number of allylic oxidation sites excluding steroid dienone is 4. The summed E-state index contributed by atoms with van der Waals surface area (Å²) in [5, 5.41) is 15.4. The monoisotopic (exact) mass is 615 g/mol. The van der Waals surface area contributed by atoms with E-state index < -0.39 is 0 Å². The van der Waals surface area contributed by atoms with Crippen LogP contribution in [-0.2, 0) is 10.8 Å². The van der Waals surface area contributed by atoms with Crippen LogP contribution in [0.2, 0.25) is 0 Å². The first-order valence-electron chi connectivity index (χ1n) is 16.1. The summed E-state index contributed by atoms with van der Waals surface area (Å²) in [4.78, 5) is 0. The molecule has 0 spiro atoms. The van der Waals surface area contributed by atoms with Crippen molar-refractivity contribution in [2.75, 3.05) is 5.73 Å². The van der Waals surface area contributed by atoms with Crippen molar-refractivity contribution < 1.29 is 0 Å². The Labute approximate surface area is 280 Å². The molecule has 236 valence electrons.